The molecule has 0 N–H and O–H groups in total. The number of hydrogen-bond acceptors (Lipinski definition) is 4. The highest BCUT2D eigenvalue weighted by molar-refractivity contribution is 5.89. The first kappa shape index (κ1) is 13.0. The van der Waals surface area contributed by atoms with Crippen molar-refractivity contribution in [2.75, 3.05) is 7.11 Å². The summed E-state index contributed by atoms with van der Waals surface area (Å²) in [5.74, 6) is -0.332. The Balaban J connectivity index is 2.22. The van der Waals surface area contributed by atoms with E-state index in [2.05, 4.69) is 14.7 Å². The van der Waals surface area contributed by atoms with Crippen molar-refractivity contribution in [2.24, 2.45) is 0 Å². The molecule has 0 bridgehead atoms. The Morgan fingerprint density at radius 1 is 1.21 bits per heavy atom. The Hall–Kier alpha value is -2.49. The normalized spacial score (nSPS) is 11.2. The molecule has 0 aliphatic carbocycles. The van der Waals surface area contributed by atoms with Crippen molar-refractivity contribution in [2.45, 2.75) is 6.92 Å². The SMILES string of the molecule is COC(=O)c1ccc(C=C(C)c2cnccn2)cc1. The molecule has 4 nitrogen and oxygen atoms in total. The number of rotatable bonds is 3. The van der Waals surface area contributed by atoms with Crippen LogP contribution in [0.5, 0.6) is 0 Å². The molecule has 0 saturated carbocycles. The van der Waals surface area contributed by atoms with E-state index in [-0.39, 0.29) is 5.97 Å². The highest BCUT2D eigenvalue weighted by atomic mass is 16.5. The summed E-state index contributed by atoms with van der Waals surface area (Å²) in [5.41, 5.74) is 3.38. The number of hydrogen-bond donors (Lipinski definition) is 0. The minimum Gasteiger partial charge on any atom is -0.465 e. The lowest BCUT2D eigenvalue weighted by atomic mass is 10.1. The third-order valence-electron chi connectivity index (χ3n) is 2.68. The second kappa shape index (κ2) is 5.91. The monoisotopic (exact) mass is 254 g/mol. The van der Waals surface area contributed by atoms with E-state index in [4.69, 9.17) is 0 Å². The van der Waals surface area contributed by atoms with E-state index in [0.29, 0.717) is 5.56 Å². The van der Waals surface area contributed by atoms with Crippen LogP contribution in [0.3, 0.4) is 0 Å². The predicted octanol–water partition coefficient (Wildman–Crippen LogP) is 2.82. The molecule has 1 aromatic heterocycles. The van der Waals surface area contributed by atoms with Gasteiger partial charge in [-0.25, -0.2) is 4.79 Å². The van der Waals surface area contributed by atoms with E-state index < -0.39 is 0 Å². The number of aromatic nitrogens is 2. The Morgan fingerprint density at radius 2 is 1.95 bits per heavy atom. The van der Waals surface area contributed by atoms with Gasteiger partial charge in [0.05, 0.1) is 24.6 Å². The third kappa shape index (κ3) is 3.25. The Morgan fingerprint density at radius 3 is 2.53 bits per heavy atom. The number of esters is 1. The number of carbonyl (C=O) groups excluding carboxylic acids is 1. The molecule has 0 amide bonds. The van der Waals surface area contributed by atoms with Crippen molar-refractivity contribution in [3.8, 4) is 0 Å². The van der Waals surface area contributed by atoms with Crippen LogP contribution in [0.25, 0.3) is 11.6 Å². The molecule has 96 valence electrons. The van der Waals surface area contributed by atoms with E-state index in [0.717, 1.165) is 16.8 Å². The van der Waals surface area contributed by atoms with Gasteiger partial charge in [-0.3, -0.25) is 9.97 Å². The van der Waals surface area contributed by atoms with Gasteiger partial charge in [0.15, 0.2) is 0 Å². The Bertz CT molecular complexity index is 589. The average molecular weight is 254 g/mol. The quantitative estimate of drug-likeness (QED) is 0.790. The van der Waals surface area contributed by atoms with Gasteiger partial charge in [-0.15, -0.1) is 0 Å². The predicted molar refractivity (Wildman–Crippen MR) is 73.4 cm³/mol. The first-order valence-corrected chi connectivity index (χ1v) is 5.84. The lowest BCUT2D eigenvalue weighted by molar-refractivity contribution is 0.0601. The van der Waals surface area contributed by atoms with Crippen molar-refractivity contribution in [1.29, 1.82) is 0 Å². The zero-order valence-corrected chi connectivity index (χ0v) is 10.8. The van der Waals surface area contributed by atoms with Crippen LogP contribution in [0.4, 0.5) is 0 Å². The minimum atomic E-state index is -0.332. The fourth-order valence-electron chi connectivity index (χ4n) is 1.66. The molecule has 4 heteroatoms. The van der Waals surface area contributed by atoms with Gasteiger partial charge < -0.3 is 4.74 Å². The van der Waals surface area contributed by atoms with E-state index in [1.807, 2.05) is 25.1 Å². The standard InChI is InChI=1S/C15H14N2O2/c1-11(14-10-16-7-8-17-14)9-12-3-5-13(6-4-12)15(18)19-2/h3-10H,1-2H3. The number of nitrogens with zero attached hydrogens (tertiary/aromatic N) is 2. The second-order valence-electron chi connectivity index (χ2n) is 4.03. The number of allylic oxidation sites excluding steroid dienone is 1. The van der Waals surface area contributed by atoms with Crippen LogP contribution in [0.15, 0.2) is 42.9 Å². The summed E-state index contributed by atoms with van der Waals surface area (Å²) < 4.78 is 4.65. The van der Waals surface area contributed by atoms with E-state index >= 15 is 0 Å². The zero-order chi connectivity index (χ0) is 13.7. The molecular formula is C15H14N2O2. The smallest absolute Gasteiger partial charge is 0.337 e. The van der Waals surface area contributed by atoms with Crippen molar-refractivity contribution in [1.82, 2.24) is 9.97 Å². The fourth-order valence-corrected chi connectivity index (χ4v) is 1.66. The Kier molecular flexibility index (Phi) is 4.03. The summed E-state index contributed by atoms with van der Waals surface area (Å²) in [6, 6.07) is 7.21. The van der Waals surface area contributed by atoms with Crippen LogP contribution in [0.2, 0.25) is 0 Å². The third-order valence-corrected chi connectivity index (χ3v) is 2.68. The summed E-state index contributed by atoms with van der Waals surface area (Å²) in [6.45, 7) is 1.97. The molecule has 0 unspecified atom stereocenters. The zero-order valence-electron chi connectivity index (χ0n) is 10.8. The molecule has 0 radical (unpaired) electrons. The first-order valence-electron chi connectivity index (χ1n) is 5.84. The van der Waals surface area contributed by atoms with E-state index in [9.17, 15) is 4.79 Å². The molecule has 2 aromatic rings. The summed E-state index contributed by atoms with van der Waals surface area (Å²) in [4.78, 5) is 19.6. The van der Waals surface area contributed by atoms with Crippen LogP contribution in [-0.2, 0) is 4.74 Å². The van der Waals surface area contributed by atoms with Gasteiger partial charge in [-0.05, 0) is 36.3 Å². The van der Waals surface area contributed by atoms with Crippen molar-refractivity contribution >= 4 is 17.6 Å². The number of carbonyl (C=O) groups is 1. The van der Waals surface area contributed by atoms with Crippen molar-refractivity contribution < 1.29 is 9.53 Å². The highest BCUT2D eigenvalue weighted by Gasteiger charge is 2.04. The minimum absolute atomic E-state index is 0.332. The van der Waals surface area contributed by atoms with E-state index in [1.165, 1.54) is 7.11 Å². The molecule has 0 spiro atoms. The van der Waals surface area contributed by atoms with Crippen molar-refractivity contribution in [3.63, 3.8) is 0 Å². The highest BCUT2D eigenvalue weighted by Crippen LogP contribution is 2.15. The maximum atomic E-state index is 11.3. The van der Waals surface area contributed by atoms with Crippen LogP contribution in [0.1, 0.15) is 28.5 Å². The molecule has 0 atom stereocenters. The Labute approximate surface area is 111 Å². The molecule has 0 saturated heterocycles. The maximum Gasteiger partial charge on any atom is 0.337 e. The van der Waals surface area contributed by atoms with Crippen molar-refractivity contribution in [3.05, 3.63) is 59.7 Å². The topological polar surface area (TPSA) is 52.1 Å². The van der Waals surface area contributed by atoms with Crippen LogP contribution < -0.4 is 0 Å². The number of ether oxygens (including phenoxy) is 1. The van der Waals surface area contributed by atoms with E-state index in [1.54, 1.807) is 30.7 Å². The van der Waals surface area contributed by atoms with Gasteiger partial charge in [0.25, 0.3) is 0 Å². The summed E-state index contributed by atoms with van der Waals surface area (Å²) in [7, 11) is 1.37. The number of benzene rings is 1. The molecule has 0 aliphatic heterocycles. The molecule has 1 heterocycles. The van der Waals surface area contributed by atoms with Gasteiger partial charge in [-0.2, -0.15) is 0 Å². The first-order chi connectivity index (χ1) is 9.20. The fraction of sp³-hybridized carbons (Fsp3) is 0.133. The van der Waals surface area contributed by atoms with Gasteiger partial charge in [0.2, 0.25) is 0 Å². The second-order valence-corrected chi connectivity index (χ2v) is 4.03. The molecule has 0 aliphatic rings. The van der Waals surface area contributed by atoms with Crippen LogP contribution in [0, 0.1) is 0 Å². The molecular weight excluding hydrogens is 240 g/mol. The lowest BCUT2D eigenvalue weighted by Crippen LogP contribution is -2.00. The lowest BCUT2D eigenvalue weighted by Gasteiger charge is -2.02. The molecule has 19 heavy (non-hydrogen) atoms. The summed E-state index contributed by atoms with van der Waals surface area (Å²) in [5, 5.41) is 0. The van der Waals surface area contributed by atoms with Gasteiger partial charge in [-0.1, -0.05) is 12.1 Å². The molecule has 2 rings (SSSR count). The van der Waals surface area contributed by atoms with Gasteiger partial charge in [0, 0.05) is 12.4 Å². The largest absolute Gasteiger partial charge is 0.465 e. The maximum absolute atomic E-state index is 11.3. The average Bonchev–Trinajstić information content (AvgIpc) is 2.48. The van der Waals surface area contributed by atoms with Gasteiger partial charge in [0.1, 0.15) is 0 Å². The van der Waals surface area contributed by atoms with Gasteiger partial charge >= 0.3 is 5.97 Å². The summed E-state index contributed by atoms with van der Waals surface area (Å²) >= 11 is 0. The molecule has 1 aromatic carbocycles. The number of methoxy groups -OCH3 is 1. The van der Waals surface area contributed by atoms with Crippen LogP contribution >= 0.6 is 0 Å². The van der Waals surface area contributed by atoms with Crippen LogP contribution in [-0.4, -0.2) is 23.0 Å². The molecule has 0 fully saturated rings. The summed E-state index contributed by atoms with van der Waals surface area (Å²) in [6.07, 6.45) is 7.01.